The molecule has 0 spiro atoms. The topological polar surface area (TPSA) is 74.9 Å². The highest BCUT2D eigenvalue weighted by molar-refractivity contribution is 9.10. The van der Waals surface area contributed by atoms with Crippen LogP contribution in [0.15, 0.2) is 39.6 Å². The summed E-state index contributed by atoms with van der Waals surface area (Å²) in [6.45, 7) is 1.83. The van der Waals surface area contributed by atoms with Gasteiger partial charge in [0.25, 0.3) is 0 Å². The Morgan fingerprint density at radius 1 is 1.32 bits per heavy atom. The van der Waals surface area contributed by atoms with Crippen molar-refractivity contribution in [2.24, 2.45) is 22.6 Å². The summed E-state index contributed by atoms with van der Waals surface area (Å²) in [6, 6.07) is 6.12. The van der Waals surface area contributed by atoms with Gasteiger partial charge < -0.3 is 20.3 Å². The van der Waals surface area contributed by atoms with Crippen LogP contribution in [0.5, 0.6) is 5.75 Å². The van der Waals surface area contributed by atoms with Crippen LogP contribution in [0, 0.1) is 11.8 Å². The van der Waals surface area contributed by atoms with Crippen molar-refractivity contribution in [1.82, 2.24) is 15.5 Å². The summed E-state index contributed by atoms with van der Waals surface area (Å²) in [5.41, 5.74) is 7.80. The highest BCUT2D eigenvalue weighted by Crippen LogP contribution is 2.35. The quantitative estimate of drug-likeness (QED) is 0.596. The van der Waals surface area contributed by atoms with Gasteiger partial charge in [-0.25, -0.2) is 0 Å². The largest absolute Gasteiger partial charge is 0.496 e. The number of aliphatic imine (C=N–C) groups is 1. The number of nitrogens with zero attached hydrogens (tertiary/aromatic N) is 2. The van der Waals surface area contributed by atoms with Crippen LogP contribution in [-0.4, -0.2) is 44.7 Å². The summed E-state index contributed by atoms with van der Waals surface area (Å²) in [5, 5.41) is 7.04. The van der Waals surface area contributed by atoms with Crippen LogP contribution >= 0.6 is 15.9 Å². The van der Waals surface area contributed by atoms with Crippen molar-refractivity contribution in [3.8, 4) is 5.75 Å². The Bertz CT molecular complexity index is 728. The first kappa shape index (κ1) is 21.1. The lowest BCUT2D eigenvalue weighted by Crippen LogP contribution is -2.60. The van der Waals surface area contributed by atoms with Crippen LogP contribution < -0.4 is 21.1 Å². The maximum atomic E-state index is 6.62. The lowest BCUT2D eigenvalue weighted by atomic mass is 9.78. The molecule has 1 unspecified atom stereocenters. The molecule has 154 valence electrons. The first-order valence-electron chi connectivity index (χ1n) is 9.94. The summed E-state index contributed by atoms with van der Waals surface area (Å²) in [4.78, 5) is 6.62. The minimum Gasteiger partial charge on any atom is -0.496 e. The molecule has 4 N–H and O–H groups in total. The van der Waals surface area contributed by atoms with E-state index in [-0.39, 0.29) is 0 Å². The van der Waals surface area contributed by atoms with Gasteiger partial charge in [-0.2, -0.15) is 0 Å². The molecule has 1 aromatic carbocycles. The molecule has 0 bridgehead atoms. The van der Waals surface area contributed by atoms with Gasteiger partial charge in [0.1, 0.15) is 11.6 Å². The lowest BCUT2D eigenvalue weighted by molar-refractivity contribution is 0.146. The average molecular weight is 450 g/mol. The van der Waals surface area contributed by atoms with Crippen molar-refractivity contribution in [2.75, 3.05) is 27.7 Å². The number of halogens is 1. The Balaban J connectivity index is 1.47. The van der Waals surface area contributed by atoms with Gasteiger partial charge >= 0.3 is 0 Å². The van der Waals surface area contributed by atoms with Crippen LogP contribution in [0.4, 0.5) is 0 Å². The van der Waals surface area contributed by atoms with E-state index in [1.54, 1.807) is 7.11 Å². The van der Waals surface area contributed by atoms with Gasteiger partial charge in [0.15, 0.2) is 5.79 Å². The molecule has 2 aliphatic rings. The highest BCUT2D eigenvalue weighted by Gasteiger charge is 2.38. The van der Waals surface area contributed by atoms with Crippen LogP contribution in [0.2, 0.25) is 0 Å². The zero-order valence-electron chi connectivity index (χ0n) is 17.0. The number of hydrogen-bond acceptors (Lipinski definition) is 6. The summed E-state index contributed by atoms with van der Waals surface area (Å²) >= 11 is 3.54. The fourth-order valence-electron chi connectivity index (χ4n) is 4.08. The fraction of sp³-hybridized carbons (Fsp3) is 0.571. The van der Waals surface area contributed by atoms with Crippen molar-refractivity contribution in [3.63, 3.8) is 0 Å². The van der Waals surface area contributed by atoms with Crippen molar-refractivity contribution in [3.05, 3.63) is 40.1 Å². The minimum atomic E-state index is -0.684. The Labute approximate surface area is 176 Å². The first-order valence-corrected chi connectivity index (χ1v) is 10.7. The molecule has 28 heavy (non-hydrogen) atoms. The van der Waals surface area contributed by atoms with E-state index in [1.165, 1.54) is 18.4 Å². The van der Waals surface area contributed by atoms with E-state index >= 15 is 0 Å². The predicted molar refractivity (Wildman–Crippen MR) is 118 cm³/mol. The molecule has 1 aliphatic carbocycles. The molecule has 1 atom stereocenters. The number of ether oxygens (including phenoxy) is 1. The number of allylic oxidation sites excluding steroid dienone is 1. The summed E-state index contributed by atoms with van der Waals surface area (Å²) in [6.07, 6.45) is 8.33. The summed E-state index contributed by atoms with van der Waals surface area (Å²) in [7, 11) is 5.75. The molecular formula is C21H32BrN5O. The number of methoxy groups -OCH3 is 1. The Kier molecular flexibility index (Phi) is 7.01. The molecule has 1 saturated carbocycles. The Hall–Kier alpha value is -1.57. The predicted octanol–water partition coefficient (Wildman–Crippen LogP) is 3.04. The van der Waals surface area contributed by atoms with Gasteiger partial charge in [0.05, 0.1) is 7.11 Å². The van der Waals surface area contributed by atoms with Crippen LogP contribution in [0.3, 0.4) is 0 Å². The molecule has 1 aromatic rings. The first-order chi connectivity index (χ1) is 13.4. The molecule has 3 rings (SSSR count). The van der Waals surface area contributed by atoms with Gasteiger partial charge in [0.2, 0.25) is 0 Å². The van der Waals surface area contributed by atoms with Gasteiger partial charge in [-0.1, -0.05) is 15.9 Å². The molecular weight excluding hydrogens is 418 g/mol. The van der Waals surface area contributed by atoms with Crippen molar-refractivity contribution in [1.29, 1.82) is 0 Å². The maximum absolute atomic E-state index is 6.62. The van der Waals surface area contributed by atoms with Crippen molar-refractivity contribution < 1.29 is 4.74 Å². The number of rotatable bonds is 7. The second-order valence-corrected chi connectivity index (χ2v) is 8.90. The van der Waals surface area contributed by atoms with E-state index in [9.17, 15) is 0 Å². The second-order valence-electron chi connectivity index (χ2n) is 7.98. The Morgan fingerprint density at radius 3 is 2.75 bits per heavy atom. The van der Waals surface area contributed by atoms with E-state index in [4.69, 9.17) is 10.5 Å². The van der Waals surface area contributed by atoms with Gasteiger partial charge in [-0.3, -0.25) is 10.7 Å². The molecule has 1 heterocycles. The molecule has 1 aliphatic heterocycles. The van der Waals surface area contributed by atoms with E-state index in [2.05, 4.69) is 37.6 Å². The SMILES string of the molecule is COc1ccc(Br)cc1CNCC1CCC(C2(N)N=CC=C(N(C)C)N2)CC1. The monoisotopic (exact) mass is 449 g/mol. The van der Waals surface area contributed by atoms with E-state index in [1.807, 2.05) is 43.4 Å². The van der Waals surface area contributed by atoms with Crippen LogP contribution in [0.1, 0.15) is 31.2 Å². The van der Waals surface area contributed by atoms with Gasteiger partial charge in [0, 0.05) is 42.8 Å². The minimum absolute atomic E-state index is 0.355. The molecule has 7 heteroatoms. The third-order valence-corrected chi connectivity index (χ3v) is 6.28. The van der Waals surface area contributed by atoms with E-state index in [0.717, 1.165) is 42.0 Å². The van der Waals surface area contributed by atoms with Gasteiger partial charge in [-0.15, -0.1) is 0 Å². The smallest absolute Gasteiger partial charge is 0.186 e. The zero-order valence-corrected chi connectivity index (χ0v) is 18.6. The summed E-state index contributed by atoms with van der Waals surface area (Å²) in [5.74, 6) is 2.29. The third-order valence-electron chi connectivity index (χ3n) is 5.79. The van der Waals surface area contributed by atoms with E-state index < -0.39 is 5.79 Å². The number of nitrogens with two attached hydrogens (primary N) is 1. The fourth-order valence-corrected chi connectivity index (χ4v) is 4.49. The van der Waals surface area contributed by atoms with Gasteiger partial charge in [-0.05, 0) is 62.4 Å². The molecule has 0 radical (unpaired) electrons. The number of benzene rings is 1. The molecule has 0 saturated heterocycles. The normalized spacial score (nSPS) is 27.1. The molecule has 1 fully saturated rings. The number of nitrogens with one attached hydrogen (secondary N) is 2. The van der Waals surface area contributed by atoms with Crippen molar-refractivity contribution in [2.45, 2.75) is 38.0 Å². The standard InChI is InChI=1S/C21H32BrN5O/c1-27(2)20-10-11-25-21(23,26-20)17-6-4-15(5-7-17)13-24-14-16-12-18(22)8-9-19(16)28-3/h8-12,15,17,24,26H,4-7,13-14,23H2,1-3H3. The third kappa shape index (κ3) is 5.07. The Morgan fingerprint density at radius 2 is 2.07 bits per heavy atom. The van der Waals surface area contributed by atoms with Crippen molar-refractivity contribution >= 4 is 22.1 Å². The van der Waals surface area contributed by atoms with Crippen LogP contribution in [-0.2, 0) is 6.54 Å². The maximum Gasteiger partial charge on any atom is 0.186 e. The summed E-state index contributed by atoms with van der Waals surface area (Å²) < 4.78 is 6.53. The second kappa shape index (κ2) is 9.29. The molecule has 0 aromatic heterocycles. The lowest BCUT2D eigenvalue weighted by Gasteiger charge is -2.42. The van der Waals surface area contributed by atoms with E-state index in [0.29, 0.717) is 11.8 Å². The average Bonchev–Trinajstić information content (AvgIpc) is 2.68. The molecule has 0 amide bonds. The highest BCUT2D eigenvalue weighted by atomic mass is 79.9. The molecule has 6 nitrogen and oxygen atoms in total. The van der Waals surface area contributed by atoms with Crippen LogP contribution in [0.25, 0.3) is 0 Å². The number of hydrogen-bond donors (Lipinski definition) is 3. The zero-order chi connectivity index (χ0) is 20.1.